The van der Waals surface area contributed by atoms with Crippen molar-refractivity contribution in [1.82, 2.24) is 4.41 Å². The van der Waals surface area contributed by atoms with Gasteiger partial charge in [0, 0.05) is 19.2 Å². The van der Waals surface area contributed by atoms with E-state index in [1.165, 1.54) is 43.4 Å². The molecule has 0 saturated heterocycles. The maximum atomic E-state index is 12.5. The van der Waals surface area contributed by atoms with Crippen LogP contribution in [0.3, 0.4) is 0 Å². The number of nitro groups is 1. The van der Waals surface area contributed by atoms with Crippen LogP contribution in [0.1, 0.15) is 18.1 Å². The molecule has 0 atom stereocenters. The first kappa shape index (κ1) is 17.6. The van der Waals surface area contributed by atoms with Crippen molar-refractivity contribution in [3.8, 4) is 0 Å². The summed E-state index contributed by atoms with van der Waals surface area (Å²) < 4.78 is 25.9. The minimum Gasteiger partial charge on any atom is -0.258 e. The van der Waals surface area contributed by atoms with E-state index in [4.69, 9.17) is 0 Å². The quantitative estimate of drug-likeness (QED) is 0.472. The van der Waals surface area contributed by atoms with Gasteiger partial charge in [0.15, 0.2) is 0 Å². The first-order valence-corrected chi connectivity index (χ1v) is 8.51. The summed E-state index contributed by atoms with van der Waals surface area (Å²) in [7, 11) is -2.39. The molecule has 0 aliphatic rings. The van der Waals surface area contributed by atoms with E-state index in [-0.39, 0.29) is 10.6 Å². The molecule has 0 aliphatic heterocycles. The van der Waals surface area contributed by atoms with E-state index in [1.54, 1.807) is 19.1 Å². The van der Waals surface area contributed by atoms with Crippen molar-refractivity contribution in [2.24, 2.45) is 5.10 Å². The summed E-state index contributed by atoms with van der Waals surface area (Å²) in [6, 6.07) is 12.2. The third-order valence-electron chi connectivity index (χ3n) is 3.45. The molecule has 0 bridgehead atoms. The van der Waals surface area contributed by atoms with E-state index in [0.29, 0.717) is 11.3 Å². The van der Waals surface area contributed by atoms with Gasteiger partial charge in [-0.05, 0) is 43.7 Å². The summed E-state index contributed by atoms with van der Waals surface area (Å²) in [6.07, 6.45) is 0. The van der Waals surface area contributed by atoms with Crippen molar-refractivity contribution in [2.75, 3.05) is 7.05 Å². The monoisotopic (exact) mass is 347 g/mol. The molecule has 0 aliphatic carbocycles. The summed E-state index contributed by atoms with van der Waals surface area (Å²) in [4.78, 5) is 10.3. The Morgan fingerprint density at radius 3 is 2.12 bits per heavy atom. The summed E-state index contributed by atoms with van der Waals surface area (Å²) in [5.74, 6) is 0. The zero-order valence-electron chi connectivity index (χ0n) is 13.5. The SMILES string of the molecule is C/C(=N\N(C)S(=O)(=O)c1ccc(C)cc1)c1ccc([N+](=O)[O-])cc1. The highest BCUT2D eigenvalue weighted by Crippen LogP contribution is 2.17. The van der Waals surface area contributed by atoms with Crippen LogP contribution in [-0.2, 0) is 10.0 Å². The molecule has 0 fully saturated rings. The molecular formula is C16H17N3O4S. The van der Waals surface area contributed by atoms with Crippen LogP contribution >= 0.6 is 0 Å². The molecule has 8 heteroatoms. The Hall–Kier alpha value is -2.74. The van der Waals surface area contributed by atoms with Gasteiger partial charge in [0.1, 0.15) is 0 Å². The predicted octanol–water partition coefficient (Wildman–Crippen LogP) is 2.95. The van der Waals surface area contributed by atoms with Gasteiger partial charge >= 0.3 is 0 Å². The number of rotatable bonds is 5. The fourth-order valence-corrected chi connectivity index (χ4v) is 3.02. The zero-order valence-corrected chi connectivity index (χ0v) is 14.3. The van der Waals surface area contributed by atoms with E-state index in [2.05, 4.69) is 5.10 Å². The number of hydrazone groups is 1. The molecule has 2 aromatic rings. The van der Waals surface area contributed by atoms with E-state index in [0.717, 1.165) is 9.98 Å². The molecule has 0 saturated carbocycles. The summed E-state index contributed by atoms with van der Waals surface area (Å²) >= 11 is 0. The van der Waals surface area contributed by atoms with Crippen LogP contribution in [0.4, 0.5) is 5.69 Å². The smallest absolute Gasteiger partial charge is 0.258 e. The lowest BCUT2D eigenvalue weighted by atomic mass is 10.1. The van der Waals surface area contributed by atoms with Gasteiger partial charge in [-0.15, -0.1) is 0 Å². The number of nitrogens with zero attached hydrogens (tertiary/aromatic N) is 3. The highest BCUT2D eigenvalue weighted by Gasteiger charge is 2.19. The minimum absolute atomic E-state index is 0.0350. The van der Waals surface area contributed by atoms with E-state index in [1.807, 2.05) is 6.92 Å². The Bertz CT molecular complexity index is 873. The van der Waals surface area contributed by atoms with Gasteiger partial charge < -0.3 is 0 Å². The van der Waals surface area contributed by atoms with Crippen molar-refractivity contribution in [1.29, 1.82) is 0 Å². The lowest BCUT2D eigenvalue weighted by Crippen LogP contribution is -2.23. The topological polar surface area (TPSA) is 92.9 Å². The van der Waals surface area contributed by atoms with Crippen molar-refractivity contribution < 1.29 is 13.3 Å². The molecule has 7 nitrogen and oxygen atoms in total. The van der Waals surface area contributed by atoms with Gasteiger partial charge in [0.2, 0.25) is 0 Å². The normalized spacial score (nSPS) is 12.0. The second-order valence-electron chi connectivity index (χ2n) is 5.24. The van der Waals surface area contributed by atoms with Gasteiger partial charge in [0.25, 0.3) is 15.7 Å². The predicted molar refractivity (Wildman–Crippen MR) is 91.4 cm³/mol. The Kier molecular flexibility index (Phi) is 4.99. The average molecular weight is 347 g/mol. The molecule has 126 valence electrons. The number of hydrogen-bond donors (Lipinski definition) is 0. The molecule has 24 heavy (non-hydrogen) atoms. The number of nitro benzene ring substituents is 1. The lowest BCUT2D eigenvalue weighted by molar-refractivity contribution is -0.384. The Morgan fingerprint density at radius 1 is 1.08 bits per heavy atom. The number of sulfonamides is 1. The third-order valence-corrected chi connectivity index (χ3v) is 5.10. The largest absolute Gasteiger partial charge is 0.278 e. The van der Waals surface area contributed by atoms with Crippen LogP contribution in [0, 0.1) is 17.0 Å². The molecule has 0 spiro atoms. The molecular weight excluding hydrogens is 330 g/mol. The number of hydrogen-bond acceptors (Lipinski definition) is 5. The van der Waals surface area contributed by atoms with Gasteiger partial charge in [0.05, 0.1) is 15.5 Å². The fourth-order valence-electron chi connectivity index (χ4n) is 2.01. The average Bonchev–Trinajstić information content (AvgIpc) is 2.55. The Labute approximate surface area is 140 Å². The van der Waals surface area contributed by atoms with Crippen molar-refractivity contribution in [2.45, 2.75) is 18.7 Å². The molecule has 0 heterocycles. The molecule has 0 N–H and O–H groups in total. The van der Waals surface area contributed by atoms with E-state index >= 15 is 0 Å². The zero-order chi connectivity index (χ0) is 17.9. The van der Waals surface area contributed by atoms with Gasteiger partial charge in [-0.2, -0.15) is 17.9 Å². The van der Waals surface area contributed by atoms with Crippen molar-refractivity contribution >= 4 is 21.4 Å². The molecule has 2 rings (SSSR count). The summed E-state index contributed by atoms with van der Waals surface area (Å²) in [6.45, 7) is 3.51. The summed E-state index contributed by atoms with van der Waals surface area (Å²) in [5, 5.41) is 14.7. The van der Waals surface area contributed by atoms with Crippen LogP contribution in [0.15, 0.2) is 58.5 Å². The van der Waals surface area contributed by atoms with Crippen LogP contribution in [0.25, 0.3) is 0 Å². The fraction of sp³-hybridized carbons (Fsp3) is 0.188. The minimum atomic E-state index is -3.74. The molecule has 2 aromatic carbocycles. The van der Waals surface area contributed by atoms with Crippen LogP contribution in [0.5, 0.6) is 0 Å². The maximum absolute atomic E-state index is 12.5. The number of aryl methyl sites for hydroxylation is 1. The Balaban J connectivity index is 2.28. The second-order valence-corrected chi connectivity index (χ2v) is 7.19. The van der Waals surface area contributed by atoms with Gasteiger partial charge in [-0.3, -0.25) is 10.1 Å². The van der Waals surface area contributed by atoms with Crippen molar-refractivity contribution in [3.63, 3.8) is 0 Å². The Morgan fingerprint density at radius 2 is 1.62 bits per heavy atom. The highest BCUT2D eigenvalue weighted by atomic mass is 32.2. The van der Waals surface area contributed by atoms with Crippen molar-refractivity contribution in [3.05, 3.63) is 69.8 Å². The highest BCUT2D eigenvalue weighted by molar-refractivity contribution is 7.89. The molecule has 0 unspecified atom stereocenters. The number of benzene rings is 2. The first-order chi connectivity index (χ1) is 11.2. The van der Waals surface area contributed by atoms with Crippen LogP contribution in [0.2, 0.25) is 0 Å². The van der Waals surface area contributed by atoms with Crippen LogP contribution < -0.4 is 0 Å². The van der Waals surface area contributed by atoms with E-state index in [9.17, 15) is 18.5 Å². The summed E-state index contributed by atoms with van der Waals surface area (Å²) in [5.41, 5.74) is 1.96. The van der Waals surface area contributed by atoms with E-state index < -0.39 is 14.9 Å². The third kappa shape index (κ3) is 3.77. The second kappa shape index (κ2) is 6.79. The van der Waals surface area contributed by atoms with Gasteiger partial charge in [-0.1, -0.05) is 17.7 Å². The molecule has 0 aromatic heterocycles. The maximum Gasteiger partial charge on any atom is 0.278 e. The number of non-ortho nitro benzene ring substituents is 1. The standard InChI is InChI=1S/C16H17N3O4S/c1-12-4-10-16(11-5-12)24(22,23)18(3)17-13(2)14-6-8-15(9-7-14)19(20)21/h4-11H,1-3H3/b17-13+. The first-order valence-electron chi connectivity index (χ1n) is 7.07. The van der Waals surface area contributed by atoms with Gasteiger partial charge in [-0.25, -0.2) is 0 Å². The molecule has 0 amide bonds. The van der Waals surface area contributed by atoms with Crippen LogP contribution in [-0.4, -0.2) is 30.5 Å². The lowest BCUT2D eigenvalue weighted by Gasteiger charge is -2.15. The molecule has 0 radical (unpaired) electrons.